The monoisotopic (exact) mass is 229 g/mol. The third kappa shape index (κ3) is 3.33. The van der Waals surface area contributed by atoms with Crippen molar-refractivity contribution in [3.05, 3.63) is 35.9 Å². The Bertz CT molecular complexity index is 396. The zero-order valence-corrected chi connectivity index (χ0v) is 10.1. The van der Waals surface area contributed by atoms with Gasteiger partial charge < -0.3 is 5.11 Å². The van der Waals surface area contributed by atoms with Crippen LogP contribution >= 0.6 is 0 Å². The average Bonchev–Trinajstić information content (AvgIpc) is 2.85. The summed E-state index contributed by atoms with van der Waals surface area (Å²) in [7, 11) is 0. The lowest BCUT2D eigenvalue weighted by molar-refractivity contribution is 0.169. The van der Waals surface area contributed by atoms with Gasteiger partial charge in [-0.15, -0.1) is 0 Å². The lowest BCUT2D eigenvalue weighted by Crippen LogP contribution is -2.46. The molecule has 0 unspecified atom stereocenters. The second-order valence-corrected chi connectivity index (χ2v) is 4.67. The molecular weight excluding hydrogens is 210 g/mol. The second-order valence-electron chi connectivity index (χ2n) is 4.67. The van der Waals surface area contributed by atoms with Gasteiger partial charge in [0.2, 0.25) is 0 Å². The highest BCUT2D eigenvalue weighted by molar-refractivity contribution is 5.33. The molecule has 17 heavy (non-hydrogen) atoms. The van der Waals surface area contributed by atoms with Crippen LogP contribution < -0.4 is 5.32 Å². The maximum absolute atomic E-state index is 9.42. The van der Waals surface area contributed by atoms with Crippen LogP contribution in [0.2, 0.25) is 0 Å². The zero-order chi connectivity index (χ0) is 12.0. The van der Waals surface area contributed by atoms with E-state index >= 15 is 0 Å². The van der Waals surface area contributed by atoms with Crippen LogP contribution in [0.4, 0.5) is 0 Å². The van der Waals surface area contributed by atoms with E-state index in [-0.39, 0.29) is 12.1 Å². The van der Waals surface area contributed by atoms with Crippen molar-refractivity contribution in [1.29, 1.82) is 0 Å². The minimum absolute atomic E-state index is 0.0641. The summed E-state index contributed by atoms with van der Waals surface area (Å²) in [6, 6.07) is 9.98. The summed E-state index contributed by atoms with van der Waals surface area (Å²) in [4.78, 5) is 0. The molecule has 1 aliphatic carbocycles. The molecule has 1 aromatic carbocycles. The number of rotatable bonds is 3. The number of nitrogens with one attached hydrogen (secondary N) is 1. The minimum atomic E-state index is -0.0641. The van der Waals surface area contributed by atoms with Crippen LogP contribution in [-0.2, 0) is 0 Å². The smallest absolute Gasteiger partial charge is 0.0613 e. The molecule has 1 aliphatic rings. The molecule has 0 saturated heterocycles. The van der Waals surface area contributed by atoms with Gasteiger partial charge in [0.25, 0.3) is 0 Å². The molecule has 2 heteroatoms. The van der Waals surface area contributed by atoms with Gasteiger partial charge in [0.05, 0.1) is 13.2 Å². The maximum atomic E-state index is 9.42. The predicted octanol–water partition coefficient (Wildman–Crippen LogP) is 1.93. The Kier molecular flexibility index (Phi) is 4.19. The van der Waals surface area contributed by atoms with Gasteiger partial charge in [0, 0.05) is 11.1 Å². The Morgan fingerprint density at radius 3 is 2.53 bits per heavy atom. The van der Waals surface area contributed by atoms with E-state index < -0.39 is 0 Å². The summed E-state index contributed by atoms with van der Waals surface area (Å²) in [5.74, 6) is 6.23. The Labute approximate surface area is 103 Å². The van der Waals surface area contributed by atoms with Crippen LogP contribution in [0.1, 0.15) is 31.2 Å². The van der Waals surface area contributed by atoms with E-state index in [1.807, 2.05) is 30.3 Å². The standard InChI is InChI=1S/C15H19NO/c17-13-15(10-4-5-11-15)16-12-6-9-14-7-2-1-3-8-14/h1-3,7-8,16-17H,4-5,10-13H2. The average molecular weight is 229 g/mol. The van der Waals surface area contributed by atoms with Gasteiger partial charge in [-0.3, -0.25) is 5.32 Å². The molecule has 0 bridgehead atoms. The second kappa shape index (κ2) is 5.86. The van der Waals surface area contributed by atoms with Gasteiger partial charge in [0.1, 0.15) is 0 Å². The van der Waals surface area contributed by atoms with E-state index in [0.29, 0.717) is 6.54 Å². The van der Waals surface area contributed by atoms with Crippen molar-refractivity contribution in [1.82, 2.24) is 5.32 Å². The first-order chi connectivity index (χ1) is 8.35. The topological polar surface area (TPSA) is 32.3 Å². The van der Waals surface area contributed by atoms with Gasteiger partial charge in [-0.25, -0.2) is 0 Å². The predicted molar refractivity (Wildman–Crippen MR) is 69.6 cm³/mol. The van der Waals surface area contributed by atoms with Crippen molar-refractivity contribution in [2.24, 2.45) is 0 Å². The quantitative estimate of drug-likeness (QED) is 0.776. The molecule has 1 aromatic rings. The summed E-state index contributed by atoms with van der Waals surface area (Å²) < 4.78 is 0. The van der Waals surface area contributed by atoms with E-state index in [2.05, 4.69) is 17.2 Å². The van der Waals surface area contributed by atoms with Crippen molar-refractivity contribution in [3.63, 3.8) is 0 Å². The van der Waals surface area contributed by atoms with E-state index in [9.17, 15) is 5.11 Å². The molecule has 2 N–H and O–H groups in total. The van der Waals surface area contributed by atoms with Gasteiger partial charge in [0.15, 0.2) is 0 Å². The number of hydrogen-bond acceptors (Lipinski definition) is 2. The Morgan fingerprint density at radius 1 is 1.18 bits per heavy atom. The Balaban J connectivity index is 1.85. The molecule has 0 atom stereocenters. The van der Waals surface area contributed by atoms with Crippen LogP contribution in [0.25, 0.3) is 0 Å². The van der Waals surface area contributed by atoms with Crippen LogP contribution in [-0.4, -0.2) is 23.8 Å². The number of aliphatic hydroxyl groups is 1. The normalized spacial score (nSPS) is 17.5. The van der Waals surface area contributed by atoms with Gasteiger partial charge in [-0.1, -0.05) is 42.9 Å². The van der Waals surface area contributed by atoms with E-state index in [4.69, 9.17) is 0 Å². The molecule has 1 saturated carbocycles. The van der Waals surface area contributed by atoms with Crippen molar-refractivity contribution in [2.75, 3.05) is 13.2 Å². The third-order valence-electron chi connectivity index (χ3n) is 3.42. The van der Waals surface area contributed by atoms with Gasteiger partial charge >= 0.3 is 0 Å². The number of benzene rings is 1. The highest BCUT2D eigenvalue weighted by Gasteiger charge is 2.31. The lowest BCUT2D eigenvalue weighted by Gasteiger charge is -2.26. The van der Waals surface area contributed by atoms with Gasteiger partial charge in [-0.2, -0.15) is 0 Å². The molecule has 0 spiro atoms. The van der Waals surface area contributed by atoms with Crippen molar-refractivity contribution < 1.29 is 5.11 Å². The maximum Gasteiger partial charge on any atom is 0.0613 e. The van der Waals surface area contributed by atoms with Crippen molar-refractivity contribution in [2.45, 2.75) is 31.2 Å². The van der Waals surface area contributed by atoms with Crippen LogP contribution in [0.3, 0.4) is 0 Å². The SMILES string of the molecule is OCC1(NCC#Cc2ccccc2)CCCC1. The fraction of sp³-hybridized carbons (Fsp3) is 0.467. The largest absolute Gasteiger partial charge is 0.394 e. The Hall–Kier alpha value is -1.30. The minimum Gasteiger partial charge on any atom is -0.394 e. The number of aliphatic hydroxyl groups excluding tert-OH is 1. The molecule has 2 rings (SSSR count). The summed E-state index contributed by atoms with van der Waals surface area (Å²) in [5.41, 5.74) is 0.976. The summed E-state index contributed by atoms with van der Waals surface area (Å²) in [5, 5.41) is 12.8. The first-order valence-electron chi connectivity index (χ1n) is 6.24. The molecule has 1 fully saturated rings. The zero-order valence-electron chi connectivity index (χ0n) is 10.1. The summed E-state index contributed by atoms with van der Waals surface area (Å²) in [6.45, 7) is 0.871. The lowest BCUT2D eigenvalue weighted by atomic mass is 9.99. The van der Waals surface area contributed by atoms with Crippen LogP contribution in [0.15, 0.2) is 30.3 Å². The molecular formula is C15H19NO. The van der Waals surface area contributed by atoms with Crippen molar-refractivity contribution in [3.8, 4) is 11.8 Å². The molecule has 0 radical (unpaired) electrons. The molecule has 0 aliphatic heterocycles. The fourth-order valence-corrected chi connectivity index (χ4v) is 2.34. The van der Waals surface area contributed by atoms with Crippen molar-refractivity contribution >= 4 is 0 Å². The first-order valence-corrected chi connectivity index (χ1v) is 6.24. The molecule has 0 aromatic heterocycles. The molecule has 0 amide bonds. The highest BCUT2D eigenvalue weighted by Crippen LogP contribution is 2.28. The van der Waals surface area contributed by atoms with Crippen LogP contribution in [0.5, 0.6) is 0 Å². The summed E-state index contributed by atoms with van der Waals surface area (Å²) >= 11 is 0. The molecule has 0 heterocycles. The van der Waals surface area contributed by atoms with E-state index in [0.717, 1.165) is 18.4 Å². The molecule has 90 valence electrons. The Morgan fingerprint density at radius 2 is 1.88 bits per heavy atom. The van der Waals surface area contributed by atoms with E-state index in [1.54, 1.807) is 0 Å². The fourth-order valence-electron chi connectivity index (χ4n) is 2.34. The first kappa shape index (κ1) is 12.2. The summed E-state index contributed by atoms with van der Waals surface area (Å²) in [6.07, 6.45) is 4.55. The van der Waals surface area contributed by atoms with Crippen LogP contribution in [0, 0.1) is 11.8 Å². The van der Waals surface area contributed by atoms with Gasteiger partial charge in [-0.05, 0) is 25.0 Å². The number of hydrogen-bond donors (Lipinski definition) is 2. The highest BCUT2D eigenvalue weighted by atomic mass is 16.3. The van der Waals surface area contributed by atoms with E-state index in [1.165, 1.54) is 12.8 Å². The molecule has 2 nitrogen and oxygen atoms in total. The third-order valence-corrected chi connectivity index (χ3v) is 3.42.